The van der Waals surface area contributed by atoms with Gasteiger partial charge in [-0.3, -0.25) is 9.59 Å². The number of ether oxygens (including phenoxy) is 1. The molecule has 6 heteroatoms. The quantitative estimate of drug-likeness (QED) is 0.304. The van der Waals surface area contributed by atoms with Crippen LogP contribution in [0.2, 0.25) is 0 Å². The molecule has 1 unspecified atom stereocenters. The summed E-state index contributed by atoms with van der Waals surface area (Å²) in [4.78, 5) is 28.5. The highest BCUT2D eigenvalue weighted by Gasteiger charge is 2.30. The molecule has 0 heterocycles. The van der Waals surface area contributed by atoms with Crippen LogP contribution < -0.4 is 10.1 Å². The lowest BCUT2D eigenvalue weighted by Crippen LogP contribution is -2.51. The molecule has 3 aromatic carbocycles. The molecule has 0 bridgehead atoms. The summed E-state index contributed by atoms with van der Waals surface area (Å²) in [5.74, 6) is 0.158. The van der Waals surface area contributed by atoms with Gasteiger partial charge in [0.05, 0.1) is 6.61 Å². The number of carbonyl (C=O) groups excluding carboxylic acids is 2. The molecule has 37 heavy (non-hydrogen) atoms. The summed E-state index contributed by atoms with van der Waals surface area (Å²) in [5.41, 5.74) is 2.45. The van der Waals surface area contributed by atoms with E-state index in [1.807, 2.05) is 75.4 Å². The van der Waals surface area contributed by atoms with E-state index in [9.17, 15) is 14.0 Å². The number of nitrogens with one attached hydrogen (secondary N) is 1. The van der Waals surface area contributed by atoms with Gasteiger partial charge in [0.15, 0.2) is 0 Å². The normalized spacial score (nSPS) is 11.7. The number of hydrogen-bond acceptors (Lipinski definition) is 3. The Morgan fingerprint density at radius 2 is 1.62 bits per heavy atom. The number of rotatable bonds is 13. The summed E-state index contributed by atoms with van der Waals surface area (Å²) in [6.07, 6.45) is 1.00. The molecule has 0 saturated heterocycles. The number of benzene rings is 3. The van der Waals surface area contributed by atoms with Crippen molar-refractivity contribution in [1.82, 2.24) is 10.2 Å². The van der Waals surface area contributed by atoms with Crippen molar-refractivity contribution in [3.8, 4) is 5.75 Å². The van der Waals surface area contributed by atoms with Gasteiger partial charge in [0, 0.05) is 31.5 Å². The molecular weight excluding hydrogens is 467 g/mol. The van der Waals surface area contributed by atoms with Gasteiger partial charge < -0.3 is 15.0 Å². The number of amides is 2. The predicted molar refractivity (Wildman–Crippen MR) is 145 cm³/mol. The summed E-state index contributed by atoms with van der Waals surface area (Å²) in [5, 5.41) is 2.98. The molecule has 0 aliphatic rings. The van der Waals surface area contributed by atoms with Crippen LogP contribution in [-0.4, -0.2) is 35.9 Å². The summed E-state index contributed by atoms with van der Waals surface area (Å²) >= 11 is 0. The van der Waals surface area contributed by atoms with Crippen LogP contribution in [0.1, 0.15) is 43.4 Å². The van der Waals surface area contributed by atoms with Crippen molar-refractivity contribution in [2.45, 2.75) is 52.6 Å². The monoisotopic (exact) mass is 504 g/mol. The van der Waals surface area contributed by atoms with Crippen molar-refractivity contribution in [1.29, 1.82) is 0 Å². The first-order valence-corrected chi connectivity index (χ1v) is 12.9. The van der Waals surface area contributed by atoms with Gasteiger partial charge in [-0.25, -0.2) is 4.39 Å². The Morgan fingerprint density at radius 3 is 2.30 bits per heavy atom. The van der Waals surface area contributed by atoms with Gasteiger partial charge >= 0.3 is 0 Å². The van der Waals surface area contributed by atoms with Gasteiger partial charge in [-0.2, -0.15) is 0 Å². The summed E-state index contributed by atoms with van der Waals surface area (Å²) in [6, 6.07) is 22.9. The molecule has 0 aliphatic carbocycles. The first kappa shape index (κ1) is 27.9. The molecule has 0 aliphatic heterocycles. The van der Waals surface area contributed by atoms with Gasteiger partial charge in [0.25, 0.3) is 0 Å². The second-order valence-corrected chi connectivity index (χ2v) is 9.72. The van der Waals surface area contributed by atoms with Crippen LogP contribution in [0.4, 0.5) is 4.39 Å². The van der Waals surface area contributed by atoms with Crippen LogP contribution in [0.5, 0.6) is 5.75 Å². The molecule has 1 N–H and O–H groups in total. The molecule has 0 radical (unpaired) electrons. The number of carbonyl (C=O) groups is 2. The van der Waals surface area contributed by atoms with Gasteiger partial charge in [-0.1, -0.05) is 80.1 Å². The Kier molecular flexibility index (Phi) is 10.7. The maximum Gasteiger partial charge on any atom is 0.243 e. The third kappa shape index (κ3) is 9.05. The van der Waals surface area contributed by atoms with Crippen LogP contribution in [0.25, 0.3) is 0 Å². The van der Waals surface area contributed by atoms with Crippen LogP contribution in [-0.2, 0) is 22.6 Å². The van der Waals surface area contributed by atoms with Crippen LogP contribution in [0.15, 0.2) is 78.9 Å². The standard InChI is InChI=1S/C31H37FN2O3/c1-23(2)21-33-31(36)29(20-25-10-5-4-6-11-25)34(22-26-12-7-8-13-28(26)32)30(35)14-9-19-37-27-17-15-24(3)16-18-27/h4-8,10-13,15-18,23,29H,9,14,19-22H2,1-3H3,(H,33,36). The van der Waals surface area contributed by atoms with Crippen molar-refractivity contribution >= 4 is 11.8 Å². The number of aryl methyl sites for hydroxylation is 1. The summed E-state index contributed by atoms with van der Waals surface area (Å²) in [6.45, 7) is 6.92. The SMILES string of the molecule is Cc1ccc(OCCCC(=O)N(Cc2ccccc2F)C(Cc2ccccc2)C(=O)NCC(C)C)cc1. The van der Waals surface area contributed by atoms with Crippen molar-refractivity contribution in [3.05, 3.63) is 101 Å². The summed E-state index contributed by atoms with van der Waals surface area (Å²) in [7, 11) is 0. The molecule has 0 fully saturated rings. The fourth-order valence-corrected chi connectivity index (χ4v) is 3.98. The van der Waals surface area contributed by atoms with Crippen LogP contribution in [0.3, 0.4) is 0 Å². The Bertz CT molecular complexity index is 1130. The van der Waals surface area contributed by atoms with E-state index in [0.717, 1.165) is 16.9 Å². The van der Waals surface area contributed by atoms with E-state index in [0.29, 0.717) is 31.6 Å². The van der Waals surface area contributed by atoms with E-state index >= 15 is 0 Å². The predicted octanol–water partition coefficient (Wildman–Crippen LogP) is 5.71. The Labute approximate surface area is 219 Å². The zero-order valence-corrected chi connectivity index (χ0v) is 22.0. The highest BCUT2D eigenvalue weighted by molar-refractivity contribution is 5.88. The lowest BCUT2D eigenvalue weighted by molar-refractivity contribution is -0.141. The minimum Gasteiger partial charge on any atom is -0.494 e. The molecule has 0 saturated carbocycles. The molecule has 196 valence electrons. The van der Waals surface area contributed by atoms with Crippen molar-refractivity contribution in [2.75, 3.05) is 13.2 Å². The molecule has 0 aromatic heterocycles. The molecule has 3 aromatic rings. The average molecular weight is 505 g/mol. The Balaban J connectivity index is 1.79. The van der Waals surface area contributed by atoms with E-state index in [-0.39, 0.29) is 30.7 Å². The molecule has 0 spiro atoms. The maximum absolute atomic E-state index is 14.6. The second-order valence-electron chi connectivity index (χ2n) is 9.72. The Morgan fingerprint density at radius 1 is 0.946 bits per heavy atom. The average Bonchev–Trinajstić information content (AvgIpc) is 2.89. The number of nitrogens with zero attached hydrogens (tertiary/aromatic N) is 1. The fraction of sp³-hybridized carbons (Fsp3) is 0.355. The fourth-order valence-electron chi connectivity index (χ4n) is 3.98. The molecular formula is C31H37FN2O3. The van der Waals surface area contributed by atoms with Gasteiger partial charge in [0.1, 0.15) is 17.6 Å². The highest BCUT2D eigenvalue weighted by atomic mass is 19.1. The number of halogens is 1. The van der Waals surface area contributed by atoms with Crippen molar-refractivity contribution < 1.29 is 18.7 Å². The second kappa shape index (κ2) is 14.2. The van der Waals surface area contributed by atoms with E-state index in [2.05, 4.69) is 5.32 Å². The maximum atomic E-state index is 14.6. The van der Waals surface area contributed by atoms with Gasteiger partial charge in [-0.05, 0) is 43.0 Å². The van der Waals surface area contributed by atoms with E-state index < -0.39 is 11.9 Å². The topological polar surface area (TPSA) is 58.6 Å². The van der Waals surface area contributed by atoms with Crippen LogP contribution in [0, 0.1) is 18.7 Å². The zero-order chi connectivity index (χ0) is 26.6. The first-order valence-electron chi connectivity index (χ1n) is 12.9. The third-order valence-corrected chi connectivity index (χ3v) is 6.08. The van der Waals surface area contributed by atoms with Crippen LogP contribution >= 0.6 is 0 Å². The largest absolute Gasteiger partial charge is 0.494 e. The van der Waals surface area contributed by atoms with Gasteiger partial charge in [-0.15, -0.1) is 0 Å². The molecule has 3 rings (SSSR count). The zero-order valence-electron chi connectivity index (χ0n) is 22.0. The minimum absolute atomic E-state index is 0.0108. The van der Waals surface area contributed by atoms with Crippen molar-refractivity contribution in [2.24, 2.45) is 5.92 Å². The molecule has 5 nitrogen and oxygen atoms in total. The summed E-state index contributed by atoms with van der Waals surface area (Å²) < 4.78 is 20.4. The number of hydrogen-bond donors (Lipinski definition) is 1. The lowest BCUT2D eigenvalue weighted by atomic mass is 10.0. The Hall–Kier alpha value is -3.67. The van der Waals surface area contributed by atoms with Crippen molar-refractivity contribution in [3.63, 3.8) is 0 Å². The van der Waals surface area contributed by atoms with E-state index in [1.54, 1.807) is 18.2 Å². The molecule has 2 amide bonds. The van der Waals surface area contributed by atoms with E-state index in [4.69, 9.17) is 4.74 Å². The first-order chi connectivity index (χ1) is 17.8. The smallest absolute Gasteiger partial charge is 0.243 e. The minimum atomic E-state index is -0.772. The molecule has 1 atom stereocenters. The highest BCUT2D eigenvalue weighted by Crippen LogP contribution is 2.19. The van der Waals surface area contributed by atoms with E-state index in [1.165, 1.54) is 11.0 Å². The van der Waals surface area contributed by atoms with Gasteiger partial charge in [0.2, 0.25) is 11.8 Å². The lowest BCUT2D eigenvalue weighted by Gasteiger charge is -2.32. The third-order valence-electron chi connectivity index (χ3n) is 6.08.